The summed E-state index contributed by atoms with van der Waals surface area (Å²) in [5, 5.41) is 5.74. The van der Waals surface area contributed by atoms with E-state index >= 15 is 0 Å². The summed E-state index contributed by atoms with van der Waals surface area (Å²) >= 11 is 2.81. The van der Waals surface area contributed by atoms with Gasteiger partial charge in [-0.1, -0.05) is 23.9 Å². The van der Waals surface area contributed by atoms with E-state index in [9.17, 15) is 9.59 Å². The zero-order valence-electron chi connectivity index (χ0n) is 13.3. The lowest BCUT2D eigenvalue weighted by atomic mass is 10.3. The maximum atomic E-state index is 12.6. The minimum absolute atomic E-state index is 0.112. The van der Waals surface area contributed by atoms with Crippen molar-refractivity contribution in [2.75, 3.05) is 5.75 Å². The van der Waals surface area contributed by atoms with E-state index in [4.69, 9.17) is 0 Å². The number of pyridine rings is 1. The topological polar surface area (TPSA) is 76.9 Å². The molecule has 3 rings (SSSR count). The molecule has 3 aromatic heterocycles. The Hall–Kier alpha value is -2.45. The van der Waals surface area contributed by atoms with Crippen LogP contribution in [-0.2, 0) is 17.9 Å². The third-order valence-electron chi connectivity index (χ3n) is 3.38. The Balaban J connectivity index is 1.75. The summed E-state index contributed by atoms with van der Waals surface area (Å²) in [5.74, 6) is 0.0618. The van der Waals surface area contributed by atoms with Gasteiger partial charge >= 0.3 is 0 Å². The van der Waals surface area contributed by atoms with Crippen molar-refractivity contribution in [3.05, 3.63) is 63.7 Å². The van der Waals surface area contributed by atoms with Gasteiger partial charge in [-0.15, -0.1) is 17.9 Å². The molecule has 0 unspecified atom stereocenters. The smallest absolute Gasteiger partial charge is 0.263 e. The third-order valence-corrected chi connectivity index (χ3v) is 5.23. The van der Waals surface area contributed by atoms with Gasteiger partial charge < -0.3 is 5.32 Å². The number of allylic oxidation sites excluding steroid dienone is 1. The van der Waals surface area contributed by atoms with Crippen LogP contribution >= 0.6 is 23.1 Å². The van der Waals surface area contributed by atoms with Crippen molar-refractivity contribution >= 4 is 40.0 Å². The Morgan fingerprint density at radius 1 is 1.40 bits per heavy atom. The maximum Gasteiger partial charge on any atom is 0.263 e. The van der Waals surface area contributed by atoms with Crippen molar-refractivity contribution in [3.63, 3.8) is 0 Å². The molecule has 128 valence electrons. The van der Waals surface area contributed by atoms with Crippen LogP contribution in [0.5, 0.6) is 0 Å². The molecule has 0 spiro atoms. The second-order valence-corrected chi connectivity index (χ2v) is 7.09. The fourth-order valence-corrected chi connectivity index (χ4v) is 3.69. The number of rotatable bonds is 7. The lowest BCUT2D eigenvalue weighted by Gasteiger charge is -2.10. The third kappa shape index (κ3) is 4.15. The van der Waals surface area contributed by atoms with E-state index in [1.165, 1.54) is 16.3 Å². The average molecular weight is 372 g/mol. The Labute approximate surface area is 152 Å². The highest BCUT2D eigenvalue weighted by Gasteiger charge is 2.13. The van der Waals surface area contributed by atoms with Crippen LogP contribution in [0.4, 0.5) is 0 Å². The van der Waals surface area contributed by atoms with E-state index in [1.54, 1.807) is 35.7 Å². The highest BCUT2D eigenvalue weighted by molar-refractivity contribution is 7.99. The van der Waals surface area contributed by atoms with Crippen molar-refractivity contribution < 1.29 is 4.79 Å². The Morgan fingerprint density at radius 3 is 3.04 bits per heavy atom. The number of fused-ring (bicyclic) bond motifs is 1. The standard InChI is InChI=1S/C17H16N4O2S2/c1-2-8-21-16(23)13-6-3-7-18-15(13)20-17(21)25-11-14(22)19-10-12-5-4-9-24-12/h2-7,9H,1,8,10-11H2,(H,19,22). The summed E-state index contributed by atoms with van der Waals surface area (Å²) in [6, 6.07) is 7.31. The van der Waals surface area contributed by atoms with Crippen molar-refractivity contribution in [3.8, 4) is 0 Å². The normalized spacial score (nSPS) is 10.7. The summed E-state index contributed by atoms with van der Waals surface area (Å²) in [7, 11) is 0. The van der Waals surface area contributed by atoms with Gasteiger partial charge in [0.05, 0.1) is 17.7 Å². The first kappa shape index (κ1) is 17.4. The molecule has 0 aliphatic carbocycles. The first-order chi connectivity index (χ1) is 12.2. The van der Waals surface area contributed by atoms with Gasteiger partial charge in [0, 0.05) is 17.6 Å². The summed E-state index contributed by atoms with van der Waals surface area (Å²) in [4.78, 5) is 34.3. The minimum Gasteiger partial charge on any atom is -0.350 e. The number of nitrogens with zero attached hydrogens (tertiary/aromatic N) is 3. The van der Waals surface area contributed by atoms with Gasteiger partial charge in [-0.05, 0) is 23.6 Å². The number of hydrogen-bond donors (Lipinski definition) is 1. The van der Waals surface area contributed by atoms with E-state index in [0.717, 1.165) is 4.88 Å². The fourth-order valence-electron chi connectivity index (χ4n) is 2.22. The highest BCUT2D eigenvalue weighted by Crippen LogP contribution is 2.17. The van der Waals surface area contributed by atoms with Crippen molar-refractivity contribution in [2.45, 2.75) is 18.2 Å². The molecule has 0 aromatic carbocycles. The molecule has 3 heterocycles. The van der Waals surface area contributed by atoms with Gasteiger partial charge in [0.2, 0.25) is 5.91 Å². The van der Waals surface area contributed by atoms with E-state index in [2.05, 4.69) is 21.9 Å². The summed E-state index contributed by atoms with van der Waals surface area (Å²) < 4.78 is 1.51. The van der Waals surface area contributed by atoms with Gasteiger partial charge in [-0.3, -0.25) is 14.2 Å². The minimum atomic E-state index is -0.181. The molecule has 0 aliphatic heterocycles. The second kappa shape index (κ2) is 8.09. The fraction of sp³-hybridized carbons (Fsp3) is 0.176. The van der Waals surface area contributed by atoms with Crippen LogP contribution in [0.2, 0.25) is 0 Å². The number of aromatic nitrogens is 3. The van der Waals surface area contributed by atoms with E-state index in [1.807, 2.05) is 17.5 Å². The van der Waals surface area contributed by atoms with Crippen molar-refractivity contribution in [1.29, 1.82) is 0 Å². The molecule has 25 heavy (non-hydrogen) atoms. The molecular formula is C17H16N4O2S2. The first-order valence-corrected chi connectivity index (χ1v) is 9.44. The van der Waals surface area contributed by atoms with Crippen LogP contribution < -0.4 is 10.9 Å². The van der Waals surface area contributed by atoms with Crippen molar-refractivity contribution in [1.82, 2.24) is 19.9 Å². The van der Waals surface area contributed by atoms with Crippen LogP contribution in [0.1, 0.15) is 4.88 Å². The molecule has 0 bridgehead atoms. The molecule has 0 fully saturated rings. The monoisotopic (exact) mass is 372 g/mol. The SMILES string of the molecule is C=CCn1c(SCC(=O)NCc2cccs2)nc2ncccc2c1=O. The largest absolute Gasteiger partial charge is 0.350 e. The second-order valence-electron chi connectivity index (χ2n) is 5.12. The highest BCUT2D eigenvalue weighted by atomic mass is 32.2. The Morgan fingerprint density at radius 2 is 2.28 bits per heavy atom. The molecule has 1 amide bonds. The number of nitrogens with one attached hydrogen (secondary N) is 1. The number of thiophene rings is 1. The number of carbonyl (C=O) groups is 1. The van der Waals surface area contributed by atoms with E-state index in [0.29, 0.717) is 29.3 Å². The lowest BCUT2D eigenvalue weighted by Crippen LogP contribution is -2.26. The molecule has 8 heteroatoms. The van der Waals surface area contributed by atoms with Crippen LogP contribution in [-0.4, -0.2) is 26.2 Å². The molecule has 1 N–H and O–H groups in total. The molecule has 6 nitrogen and oxygen atoms in total. The lowest BCUT2D eigenvalue weighted by molar-refractivity contribution is -0.118. The van der Waals surface area contributed by atoms with Gasteiger partial charge in [0.15, 0.2) is 10.8 Å². The zero-order valence-corrected chi connectivity index (χ0v) is 15.0. The number of hydrogen-bond acceptors (Lipinski definition) is 6. The van der Waals surface area contributed by atoms with Crippen LogP contribution in [0.3, 0.4) is 0 Å². The number of amides is 1. The van der Waals surface area contributed by atoms with Crippen LogP contribution in [0, 0.1) is 0 Å². The quantitative estimate of drug-likeness (QED) is 0.392. The van der Waals surface area contributed by atoms with Crippen LogP contribution in [0.25, 0.3) is 11.0 Å². The molecule has 0 aliphatic rings. The maximum absolute atomic E-state index is 12.6. The van der Waals surface area contributed by atoms with Gasteiger partial charge in [-0.2, -0.15) is 0 Å². The molecule has 0 radical (unpaired) electrons. The summed E-state index contributed by atoms with van der Waals surface area (Å²) in [6.07, 6.45) is 3.22. The van der Waals surface area contributed by atoms with Crippen molar-refractivity contribution in [2.24, 2.45) is 0 Å². The number of carbonyl (C=O) groups excluding carboxylic acids is 1. The zero-order chi connectivity index (χ0) is 17.6. The molecular weight excluding hydrogens is 356 g/mol. The van der Waals surface area contributed by atoms with Gasteiger partial charge in [0.25, 0.3) is 5.56 Å². The Bertz CT molecular complexity index is 951. The van der Waals surface area contributed by atoms with Crippen LogP contribution in [0.15, 0.2) is 58.4 Å². The molecule has 0 atom stereocenters. The predicted octanol–water partition coefficient (Wildman–Crippen LogP) is 2.45. The van der Waals surface area contributed by atoms with E-state index < -0.39 is 0 Å². The first-order valence-electron chi connectivity index (χ1n) is 7.57. The molecule has 0 saturated carbocycles. The van der Waals surface area contributed by atoms with Gasteiger partial charge in [0.1, 0.15) is 0 Å². The Kier molecular flexibility index (Phi) is 5.62. The number of thioether (sulfide) groups is 1. The average Bonchev–Trinajstić information content (AvgIpc) is 3.14. The summed E-state index contributed by atoms with van der Waals surface area (Å²) in [5.41, 5.74) is 0.203. The molecule has 3 aromatic rings. The molecule has 0 saturated heterocycles. The van der Waals surface area contributed by atoms with E-state index in [-0.39, 0.29) is 17.2 Å². The predicted molar refractivity (Wildman–Crippen MR) is 101 cm³/mol. The van der Waals surface area contributed by atoms with Gasteiger partial charge in [-0.25, -0.2) is 9.97 Å². The summed E-state index contributed by atoms with van der Waals surface area (Å²) in [6.45, 7) is 4.51.